The molecular formula is C13H18O. The van der Waals surface area contributed by atoms with Crippen molar-refractivity contribution in [3.05, 3.63) is 24.3 Å². The molecule has 1 saturated heterocycles. The maximum absolute atomic E-state index is 6.13. The average molecular weight is 190 g/mol. The van der Waals surface area contributed by atoms with E-state index in [1.165, 1.54) is 38.5 Å². The largest absolute Gasteiger partial charge is 0.370 e. The highest BCUT2D eigenvalue weighted by atomic mass is 16.5. The summed E-state index contributed by atoms with van der Waals surface area (Å²) < 4.78 is 6.13. The Morgan fingerprint density at radius 1 is 0.857 bits per heavy atom. The Hall–Kier alpha value is -0.560. The van der Waals surface area contributed by atoms with Gasteiger partial charge in [-0.1, -0.05) is 37.1 Å². The molecule has 0 bridgehead atoms. The van der Waals surface area contributed by atoms with E-state index in [1.54, 1.807) is 0 Å². The number of hydrogen-bond acceptors (Lipinski definition) is 1. The predicted molar refractivity (Wildman–Crippen MR) is 57.1 cm³/mol. The van der Waals surface area contributed by atoms with E-state index in [0.29, 0.717) is 5.41 Å². The summed E-state index contributed by atoms with van der Waals surface area (Å²) in [4.78, 5) is 0. The molecule has 0 aromatic heterocycles. The van der Waals surface area contributed by atoms with Crippen molar-refractivity contribution in [2.45, 2.75) is 44.1 Å². The van der Waals surface area contributed by atoms with Crippen molar-refractivity contribution < 1.29 is 4.74 Å². The van der Waals surface area contributed by atoms with E-state index >= 15 is 0 Å². The number of rotatable bonds is 0. The van der Waals surface area contributed by atoms with E-state index in [9.17, 15) is 0 Å². The summed E-state index contributed by atoms with van der Waals surface area (Å²) in [5, 5.41) is 0. The van der Waals surface area contributed by atoms with Gasteiger partial charge >= 0.3 is 0 Å². The first-order chi connectivity index (χ1) is 6.87. The van der Waals surface area contributed by atoms with Gasteiger partial charge in [0.1, 0.15) is 0 Å². The van der Waals surface area contributed by atoms with E-state index in [2.05, 4.69) is 24.3 Å². The Morgan fingerprint density at radius 3 is 2.57 bits per heavy atom. The highest BCUT2D eigenvalue weighted by molar-refractivity contribution is 5.29. The Kier molecular flexibility index (Phi) is 1.85. The monoisotopic (exact) mass is 190 g/mol. The molecule has 1 aliphatic heterocycles. The van der Waals surface area contributed by atoms with Gasteiger partial charge in [0.25, 0.3) is 0 Å². The molecule has 0 unspecified atom stereocenters. The molecule has 3 rings (SSSR count). The zero-order valence-electron chi connectivity index (χ0n) is 8.67. The van der Waals surface area contributed by atoms with Crippen LogP contribution in [0.1, 0.15) is 38.5 Å². The summed E-state index contributed by atoms with van der Waals surface area (Å²) in [6.07, 6.45) is 17.0. The first-order valence-electron chi connectivity index (χ1n) is 5.88. The van der Waals surface area contributed by atoms with Crippen LogP contribution in [-0.4, -0.2) is 12.2 Å². The Labute approximate surface area is 85.8 Å². The van der Waals surface area contributed by atoms with E-state index < -0.39 is 0 Å². The molecular weight excluding hydrogens is 172 g/mol. The second kappa shape index (κ2) is 2.96. The summed E-state index contributed by atoms with van der Waals surface area (Å²) in [5.41, 5.74) is 0.441. The molecule has 1 heteroatoms. The quantitative estimate of drug-likeness (QED) is 0.570. The zero-order chi connectivity index (χ0) is 9.49. The Bertz CT molecular complexity index is 246. The topological polar surface area (TPSA) is 9.23 Å². The normalized spacial score (nSPS) is 45.7. The molecule has 76 valence electrons. The maximum Gasteiger partial charge on any atom is 0.0955 e. The van der Waals surface area contributed by atoms with Gasteiger partial charge in [-0.25, -0.2) is 0 Å². The molecule has 1 heterocycles. The second-order valence-electron chi connectivity index (χ2n) is 4.92. The van der Waals surface area contributed by atoms with Crippen molar-refractivity contribution in [2.75, 3.05) is 6.61 Å². The first-order valence-corrected chi connectivity index (χ1v) is 5.88. The van der Waals surface area contributed by atoms with E-state index in [-0.39, 0.29) is 5.60 Å². The molecule has 0 N–H and O–H groups in total. The van der Waals surface area contributed by atoms with Crippen molar-refractivity contribution >= 4 is 0 Å². The minimum atomic E-state index is 0.0816. The van der Waals surface area contributed by atoms with Crippen LogP contribution in [0.4, 0.5) is 0 Å². The lowest BCUT2D eigenvalue weighted by Crippen LogP contribution is -2.53. The fourth-order valence-corrected chi connectivity index (χ4v) is 3.54. The van der Waals surface area contributed by atoms with Crippen LogP contribution in [-0.2, 0) is 4.74 Å². The van der Waals surface area contributed by atoms with Crippen molar-refractivity contribution in [2.24, 2.45) is 5.41 Å². The van der Waals surface area contributed by atoms with Gasteiger partial charge in [0.05, 0.1) is 5.60 Å². The SMILES string of the molecule is C1=C[C@@]23CCCC[C@]2(C=C1)OCCC3. The molecule has 0 amide bonds. The van der Waals surface area contributed by atoms with E-state index in [1.807, 2.05) is 0 Å². The van der Waals surface area contributed by atoms with Crippen LogP contribution in [0.25, 0.3) is 0 Å². The summed E-state index contributed by atoms with van der Waals surface area (Å²) in [7, 11) is 0. The lowest BCUT2D eigenvalue weighted by Gasteiger charge is -2.54. The van der Waals surface area contributed by atoms with Crippen LogP contribution in [0.15, 0.2) is 24.3 Å². The third-order valence-electron chi connectivity index (χ3n) is 4.28. The van der Waals surface area contributed by atoms with Crippen LogP contribution in [0.3, 0.4) is 0 Å². The van der Waals surface area contributed by atoms with Crippen molar-refractivity contribution in [1.29, 1.82) is 0 Å². The zero-order valence-corrected chi connectivity index (χ0v) is 8.67. The number of allylic oxidation sites excluding steroid dienone is 2. The van der Waals surface area contributed by atoms with Gasteiger partial charge < -0.3 is 4.74 Å². The summed E-state index contributed by atoms with van der Waals surface area (Å²) >= 11 is 0. The molecule has 2 atom stereocenters. The fourth-order valence-electron chi connectivity index (χ4n) is 3.54. The molecule has 2 fully saturated rings. The van der Waals surface area contributed by atoms with Crippen molar-refractivity contribution in [1.82, 2.24) is 0 Å². The van der Waals surface area contributed by atoms with Crippen molar-refractivity contribution in [3.63, 3.8) is 0 Å². The van der Waals surface area contributed by atoms with Gasteiger partial charge in [-0.15, -0.1) is 0 Å². The van der Waals surface area contributed by atoms with Crippen LogP contribution >= 0.6 is 0 Å². The minimum absolute atomic E-state index is 0.0816. The third-order valence-corrected chi connectivity index (χ3v) is 4.28. The minimum Gasteiger partial charge on any atom is -0.370 e. The smallest absolute Gasteiger partial charge is 0.0955 e. The molecule has 14 heavy (non-hydrogen) atoms. The van der Waals surface area contributed by atoms with Gasteiger partial charge in [-0.05, 0) is 25.7 Å². The Balaban J connectivity index is 2.04. The van der Waals surface area contributed by atoms with Crippen LogP contribution in [0.2, 0.25) is 0 Å². The number of ether oxygens (including phenoxy) is 1. The first kappa shape index (κ1) is 8.72. The number of hydrogen-bond donors (Lipinski definition) is 0. The van der Waals surface area contributed by atoms with Crippen LogP contribution in [0, 0.1) is 5.41 Å². The molecule has 0 aromatic carbocycles. The molecule has 2 aliphatic carbocycles. The summed E-state index contributed by atoms with van der Waals surface area (Å²) in [6, 6.07) is 0. The average Bonchev–Trinajstić information content (AvgIpc) is 2.27. The highest BCUT2D eigenvalue weighted by Crippen LogP contribution is 2.55. The van der Waals surface area contributed by atoms with E-state index in [4.69, 9.17) is 4.74 Å². The molecule has 0 aromatic rings. The van der Waals surface area contributed by atoms with Gasteiger partial charge in [0, 0.05) is 12.0 Å². The van der Waals surface area contributed by atoms with Gasteiger partial charge in [0.15, 0.2) is 0 Å². The van der Waals surface area contributed by atoms with Crippen LogP contribution in [0.5, 0.6) is 0 Å². The predicted octanol–water partition coefficient (Wildman–Crippen LogP) is 3.22. The van der Waals surface area contributed by atoms with Gasteiger partial charge in [0.2, 0.25) is 0 Å². The molecule has 3 aliphatic rings. The standard InChI is InChI=1S/C13H18O/c1-3-9-13-10-4-2-7-12(13,6-1)8-5-11-14-13/h1,3,6,9H,2,4-5,7-8,10-11H2/t12-,13-/m0/s1. The summed E-state index contributed by atoms with van der Waals surface area (Å²) in [5.74, 6) is 0. The lowest BCUT2D eigenvalue weighted by molar-refractivity contribution is -0.141. The van der Waals surface area contributed by atoms with Crippen molar-refractivity contribution in [3.8, 4) is 0 Å². The lowest BCUT2D eigenvalue weighted by atomic mass is 9.58. The molecule has 1 nitrogen and oxygen atoms in total. The molecule has 1 saturated carbocycles. The molecule has 0 radical (unpaired) electrons. The third kappa shape index (κ3) is 0.993. The second-order valence-corrected chi connectivity index (χ2v) is 4.92. The van der Waals surface area contributed by atoms with Gasteiger partial charge in [-0.2, -0.15) is 0 Å². The highest BCUT2D eigenvalue weighted by Gasteiger charge is 2.52. The fraction of sp³-hybridized carbons (Fsp3) is 0.692. The Morgan fingerprint density at radius 2 is 1.64 bits per heavy atom. The van der Waals surface area contributed by atoms with Gasteiger partial charge in [-0.3, -0.25) is 0 Å². The van der Waals surface area contributed by atoms with E-state index in [0.717, 1.165) is 6.61 Å². The summed E-state index contributed by atoms with van der Waals surface area (Å²) in [6.45, 7) is 0.958. The maximum atomic E-state index is 6.13. The molecule has 0 spiro atoms. The van der Waals surface area contributed by atoms with Crippen LogP contribution < -0.4 is 0 Å².